The zero-order chi connectivity index (χ0) is 15.5. The summed E-state index contributed by atoms with van der Waals surface area (Å²) in [7, 11) is 0. The van der Waals surface area contributed by atoms with Crippen molar-refractivity contribution in [2.24, 2.45) is 23.2 Å². The third kappa shape index (κ3) is 1.97. The van der Waals surface area contributed by atoms with Crippen LogP contribution in [0.1, 0.15) is 39.5 Å². The monoisotopic (exact) mass is 306 g/mol. The zero-order valence-electron chi connectivity index (χ0n) is 13.5. The minimum atomic E-state index is -0.382. The van der Waals surface area contributed by atoms with E-state index in [4.69, 9.17) is 9.47 Å². The molecule has 0 bridgehead atoms. The molecule has 0 aromatic rings. The molecule has 3 aliphatic carbocycles. The lowest BCUT2D eigenvalue weighted by Crippen LogP contribution is -2.58. The van der Waals surface area contributed by atoms with Crippen LogP contribution in [-0.2, 0) is 14.3 Å². The third-order valence-corrected chi connectivity index (χ3v) is 6.59. The van der Waals surface area contributed by atoms with E-state index in [0.717, 1.165) is 19.3 Å². The highest BCUT2D eigenvalue weighted by atomic mass is 16.6. The van der Waals surface area contributed by atoms with Gasteiger partial charge in [0.25, 0.3) is 0 Å². The van der Waals surface area contributed by atoms with Crippen molar-refractivity contribution in [1.29, 1.82) is 0 Å². The predicted molar refractivity (Wildman–Crippen MR) is 81.3 cm³/mol. The Bertz CT molecular complexity index is 513. The second kappa shape index (κ2) is 5.15. The van der Waals surface area contributed by atoms with Gasteiger partial charge in [-0.3, -0.25) is 4.79 Å². The summed E-state index contributed by atoms with van der Waals surface area (Å²) in [6.07, 6.45) is 5.32. The largest absolute Gasteiger partial charge is 0.393 e. The van der Waals surface area contributed by atoms with Gasteiger partial charge in [-0.1, -0.05) is 19.9 Å². The molecule has 0 amide bonds. The van der Waals surface area contributed by atoms with Crippen LogP contribution in [0, 0.1) is 23.2 Å². The smallest absolute Gasteiger partial charge is 0.139 e. The van der Waals surface area contributed by atoms with Crippen LogP contribution < -0.4 is 0 Å². The third-order valence-electron chi connectivity index (χ3n) is 6.59. The number of aliphatic hydroxyl groups is 1. The van der Waals surface area contributed by atoms with Crippen molar-refractivity contribution < 1.29 is 19.4 Å². The maximum Gasteiger partial charge on any atom is 0.139 e. The molecule has 4 aliphatic rings. The van der Waals surface area contributed by atoms with Gasteiger partial charge in [0.15, 0.2) is 0 Å². The van der Waals surface area contributed by atoms with E-state index in [1.165, 1.54) is 5.57 Å². The Hall–Kier alpha value is -0.710. The average Bonchev–Trinajstić information content (AvgIpc) is 2.51. The van der Waals surface area contributed by atoms with Gasteiger partial charge in [0, 0.05) is 17.8 Å². The molecule has 122 valence electrons. The zero-order valence-corrected chi connectivity index (χ0v) is 13.5. The highest BCUT2D eigenvalue weighted by Crippen LogP contribution is 2.57. The first-order valence-corrected chi connectivity index (χ1v) is 8.68. The number of allylic oxidation sites excluding steroid dienone is 1. The molecule has 0 radical (unpaired) electrons. The van der Waals surface area contributed by atoms with Crippen molar-refractivity contribution >= 4 is 5.78 Å². The summed E-state index contributed by atoms with van der Waals surface area (Å²) in [5.41, 5.74) is 1.16. The SMILES string of the molecule is CC1CC(O)C2C(CC=C3C4OCCOC4CCC32C)C1=O. The minimum Gasteiger partial charge on any atom is -0.393 e. The molecule has 4 rings (SSSR count). The van der Waals surface area contributed by atoms with E-state index in [9.17, 15) is 9.90 Å². The topological polar surface area (TPSA) is 55.8 Å². The standard InChI is InChI=1S/C18H26O4/c1-10-9-13(19)15-11(16(10)20)3-4-12-17-14(21-7-8-22-17)5-6-18(12,15)2/h4,10-11,13-15,17,19H,3,5-9H2,1-2H3. The molecule has 1 N–H and O–H groups in total. The average molecular weight is 306 g/mol. The van der Waals surface area contributed by atoms with Gasteiger partial charge in [0.1, 0.15) is 11.9 Å². The normalized spacial score (nSPS) is 51.4. The minimum absolute atomic E-state index is 0.0135. The Morgan fingerprint density at radius 2 is 2.09 bits per heavy atom. The number of fused-ring (bicyclic) bond motifs is 5. The molecular formula is C18H26O4. The van der Waals surface area contributed by atoms with Gasteiger partial charge in [-0.2, -0.15) is 0 Å². The highest BCUT2D eigenvalue weighted by molar-refractivity contribution is 5.85. The molecule has 2 saturated carbocycles. The molecular weight excluding hydrogens is 280 g/mol. The number of carbonyl (C=O) groups excluding carboxylic acids is 1. The fraction of sp³-hybridized carbons (Fsp3) is 0.833. The number of hydrogen-bond acceptors (Lipinski definition) is 4. The van der Waals surface area contributed by atoms with Gasteiger partial charge >= 0.3 is 0 Å². The van der Waals surface area contributed by atoms with E-state index in [1.807, 2.05) is 6.92 Å². The fourth-order valence-corrected chi connectivity index (χ4v) is 5.53. The number of rotatable bonds is 0. The van der Waals surface area contributed by atoms with Crippen LogP contribution in [0.15, 0.2) is 11.6 Å². The van der Waals surface area contributed by atoms with E-state index in [2.05, 4.69) is 13.0 Å². The van der Waals surface area contributed by atoms with Crippen LogP contribution in [0.3, 0.4) is 0 Å². The van der Waals surface area contributed by atoms with Crippen molar-refractivity contribution in [3.63, 3.8) is 0 Å². The number of hydrogen-bond donors (Lipinski definition) is 1. The molecule has 3 fully saturated rings. The van der Waals surface area contributed by atoms with Crippen LogP contribution in [0.5, 0.6) is 0 Å². The molecule has 1 heterocycles. The summed E-state index contributed by atoms with van der Waals surface area (Å²) in [6, 6.07) is 0. The second-order valence-corrected chi connectivity index (χ2v) is 7.79. The maximum absolute atomic E-state index is 12.6. The highest BCUT2D eigenvalue weighted by Gasteiger charge is 2.57. The fourth-order valence-electron chi connectivity index (χ4n) is 5.53. The van der Waals surface area contributed by atoms with Crippen molar-refractivity contribution in [3.05, 3.63) is 11.6 Å². The molecule has 0 aromatic carbocycles. The van der Waals surface area contributed by atoms with Gasteiger partial charge in [0.05, 0.1) is 25.4 Å². The van der Waals surface area contributed by atoms with Crippen molar-refractivity contribution in [2.45, 2.75) is 57.8 Å². The lowest BCUT2D eigenvalue weighted by molar-refractivity contribution is -0.167. The van der Waals surface area contributed by atoms with Gasteiger partial charge in [-0.15, -0.1) is 0 Å². The van der Waals surface area contributed by atoms with Gasteiger partial charge in [0.2, 0.25) is 0 Å². The van der Waals surface area contributed by atoms with Crippen molar-refractivity contribution in [1.82, 2.24) is 0 Å². The Balaban J connectivity index is 1.72. The summed E-state index contributed by atoms with van der Waals surface area (Å²) in [6.45, 7) is 5.51. The van der Waals surface area contributed by atoms with Gasteiger partial charge < -0.3 is 14.6 Å². The van der Waals surface area contributed by atoms with Crippen molar-refractivity contribution in [2.75, 3.05) is 13.2 Å². The van der Waals surface area contributed by atoms with E-state index in [1.54, 1.807) is 0 Å². The Labute approximate surface area is 131 Å². The lowest BCUT2D eigenvalue weighted by Gasteiger charge is -2.56. The first-order chi connectivity index (χ1) is 10.5. The lowest BCUT2D eigenvalue weighted by atomic mass is 9.51. The first-order valence-electron chi connectivity index (χ1n) is 8.68. The molecule has 7 unspecified atom stereocenters. The van der Waals surface area contributed by atoms with Crippen molar-refractivity contribution in [3.8, 4) is 0 Å². The van der Waals surface area contributed by atoms with Crippen LogP contribution >= 0.6 is 0 Å². The molecule has 7 atom stereocenters. The number of ketones is 1. The Morgan fingerprint density at radius 3 is 2.91 bits per heavy atom. The summed E-state index contributed by atoms with van der Waals surface area (Å²) in [4.78, 5) is 12.6. The molecule has 4 nitrogen and oxygen atoms in total. The van der Waals surface area contributed by atoms with Gasteiger partial charge in [-0.25, -0.2) is 0 Å². The molecule has 22 heavy (non-hydrogen) atoms. The summed E-state index contributed by atoms with van der Waals surface area (Å²) in [5, 5.41) is 10.7. The van der Waals surface area contributed by atoms with E-state index in [0.29, 0.717) is 25.4 Å². The molecule has 1 aliphatic heterocycles. The quantitative estimate of drug-likeness (QED) is 0.696. The van der Waals surface area contributed by atoms with Crippen LogP contribution in [-0.4, -0.2) is 42.4 Å². The molecule has 4 heteroatoms. The second-order valence-electron chi connectivity index (χ2n) is 7.79. The van der Waals surface area contributed by atoms with E-state index >= 15 is 0 Å². The summed E-state index contributed by atoms with van der Waals surface area (Å²) >= 11 is 0. The summed E-state index contributed by atoms with van der Waals surface area (Å²) in [5.74, 6) is 0.353. The van der Waals surface area contributed by atoms with Gasteiger partial charge in [-0.05, 0) is 36.7 Å². The number of ether oxygens (including phenoxy) is 2. The Kier molecular flexibility index (Phi) is 3.48. The maximum atomic E-state index is 12.6. The molecule has 0 spiro atoms. The van der Waals surface area contributed by atoms with Crippen LogP contribution in [0.25, 0.3) is 0 Å². The number of Topliss-reactive ketones (excluding diaryl/α,β-unsaturated/α-hetero) is 1. The first kappa shape index (κ1) is 14.9. The van der Waals surface area contributed by atoms with Crippen LogP contribution in [0.4, 0.5) is 0 Å². The number of aliphatic hydroxyl groups excluding tert-OH is 1. The predicted octanol–water partition coefficient (Wildman–Crippen LogP) is 2.10. The molecule has 0 aromatic heterocycles. The van der Waals surface area contributed by atoms with E-state index < -0.39 is 0 Å². The Morgan fingerprint density at radius 1 is 1.32 bits per heavy atom. The number of carbonyl (C=O) groups is 1. The van der Waals surface area contributed by atoms with Crippen LogP contribution in [0.2, 0.25) is 0 Å². The molecule has 1 saturated heterocycles. The van der Waals surface area contributed by atoms with E-state index in [-0.39, 0.29) is 41.5 Å². The summed E-state index contributed by atoms with van der Waals surface area (Å²) < 4.78 is 11.9.